The summed E-state index contributed by atoms with van der Waals surface area (Å²) in [5, 5.41) is 7.64. The van der Waals surface area contributed by atoms with Crippen molar-refractivity contribution < 1.29 is 4.79 Å². The molecule has 170 valence electrons. The van der Waals surface area contributed by atoms with Crippen LogP contribution in [0.1, 0.15) is 47.2 Å². The summed E-state index contributed by atoms with van der Waals surface area (Å²) in [5.74, 6) is -0.162. The van der Waals surface area contributed by atoms with Crippen LogP contribution in [0, 0.1) is 6.92 Å². The molecule has 0 radical (unpaired) electrons. The molecule has 34 heavy (non-hydrogen) atoms. The Morgan fingerprint density at radius 1 is 1.09 bits per heavy atom. The highest BCUT2D eigenvalue weighted by atomic mass is 35.5. The van der Waals surface area contributed by atoms with Crippen LogP contribution in [0.5, 0.6) is 0 Å². The van der Waals surface area contributed by atoms with E-state index >= 15 is 0 Å². The predicted octanol–water partition coefficient (Wildman–Crippen LogP) is 5.78. The lowest BCUT2D eigenvalue weighted by atomic mass is 9.91. The molecule has 0 saturated heterocycles. The van der Waals surface area contributed by atoms with Crippen LogP contribution < -0.4 is 5.56 Å². The van der Waals surface area contributed by atoms with Crippen molar-refractivity contribution in [2.24, 2.45) is 5.10 Å². The minimum Gasteiger partial charge on any atom is -0.321 e. The number of carbonyl (C=O) groups excluding carboxylic acids is 1. The average Bonchev–Trinajstić information content (AvgIpc) is 3.26. The number of amides is 1. The minimum atomic E-state index is -0.257. The molecule has 1 unspecified atom stereocenters. The summed E-state index contributed by atoms with van der Waals surface area (Å²) in [5.41, 5.74) is 5.70. The maximum atomic E-state index is 13.4. The normalized spacial score (nSPS) is 15.6. The second kappa shape index (κ2) is 8.92. The van der Waals surface area contributed by atoms with Gasteiger partial charge in [0.2, 0.25) is 5.91 Å². The zero-order valence-corrected chi connectivity index (χ0v) is 19.8. The van der Waals surface area contributed by atoms with E-state index in [1.807, 2.05) is 73.7 Å². The van der Waals surface area contributed by atoms with Crippen LogP contribution in [-0.4, -0.2) is 21.6 Å². The van der Waals surface area contributed by atoms with Gasteiger partial charge in [-0.25, -0.2) is 5.01 Å². The van der Waals surface area contributed by atoms with Crippen molar-refractivity contribution >= 4 is 34.1 Å². The first-order valence-electron chi connectivity index (χ1n) is 11.2. The molecule has 0 spiro atoms. The SMILES string of the molecule is CC(=O)N1N=C(c2c(Cc3ccccc3)c3cc(Cl)ccc3[nH]c2=O)CC1c1ccc(C)cc1. The fourth-order valence-corrected chi connectivity index (χ4v) is 4.79. The van der Waals surface area contributed by atoms with Gasteiger partial charge in [-0.2, -0.15) is 5.10 Å². The third-order valence-corrected chi connectivity index (χ3v) is 6.53. The molecule has 1 amide bonds. The molecule has 0 saturated carbocycles. The Hall–Kier alpha value is -3.70. The van der Waals surface area contributed by atoms with Gasteiger partial charge in [0, 0.05) is 29.3 Å². The monoisotopic (exact) mass is 469 g/mol. The smallest absolute Gasteiger partial charge is 0.257 e. The number of hydrogen-bond acceptors (Lipinski definition) is 3. The number of fused-ring (bicyclic) bond motifs is 1. The van der Waals surface area contributed by atoms with E-state index in [1.165, 1.54) is 11.9 Å². The predicted molar refractivity (Wildman–Crippen MR) is 136 cm³/mol. The van der Waals surface area contributed by atoms with Gasteiger partial charge in [-0.05, 0) is 48.2 Å². The summed E-state index contributed by atoms with van der Waals surface area (Å²) in [6, 6.07) is 23.3. The fraction of sp³-hybridized carbons (Fsp3) is 0.179. The van der Waals surface area contributed by atoms with E-state index in [4.69, 9.17) is 11.6 Å². The summed E-state index contributed by atoms with van der Waals surface area (Å²) >= 11 is 6.35. The third kappa shape index (κ3) is 4.15. The number of benzene rings is 3. The average molecular weight is 470 g/mol. The number of carbonyl (C=O) groups is 1. The van der Waals surface area contributed by atoms with Gasteiger partial charge in [0.1, 0.15) is 0 Å². The third-order valence-electron chi connectivity index (χ3n) is 6.29. The summed E-state index contributed by atoms with van der Waals surface area (Å²) in [6.07, 6.45) is 1.00. The van der Waals surface area contributed by atoms with E-state index in [0.29, 0.717) is 29.1 Å². The van der Waals surface area contributed by atoms with Gasteiger partial charge in [-0.3, -0.25) is 9.59 Å². The number of nitrogens with zero attached hydrogens (tertiary/aromatic N) is 2. The molecule has 0 bridgehead atoms. The van der Waals surface area contributed by atoms with Gasteiger partial charge in [0.15, 0.2) is 0 Å². The molecule has 0 fully saturated rings. The molecule has 3 aromatic carbocycles. The van der Waals surface area contributed by atoms with E-state index in [1.54, 1.807) is 6.07 Å². The van der Waals surface area contributed by atoms with E-state index < -0.39 is 0 Å². The summed E-state index contributed by atoms with van der Waals surface area (Å²) < 4.78 is 0. The van der Waals surface area contributed by atoms with Crippen molar-refractivity contribution in [2.45, 2.75) is 32.7 Å². The Kier molecular flexibility index (Phi) is 5.80. The quantitative estimate of drug-likeness (QED) is 0.411. The van der Waals surface area contributed by atoms with E-state index in [-0.39, 0.29) is 17.5 Å². The number of rotatable bonds is 4. The first kappa shape index (κ1) is 22.1. The number of nitrogens with one attached hydrogen (secondary N) is 1. The Morgan fingerprint density at radius 2 is 1.82 bits per heavy atom. The Balaban J connectivity index is 1.68. The summed E-state index contributed by atoms with van der Waals surface area (Å²) in [4.78, 5) is 28.9. The van der Waals surface area contributed by atoms with Gasteiger partial charge < -0.3 is 4.98 Å². The van der Waals surface area contributed by atoms with E-state index in [9.17, 15) is 9.59 Å². The van der Waals surface area contributed by atoms with Gasteiger partial charge in [-0.1, -0.05) is 71.8 Å². The number of hydrogen-bond donors (Lipinski definition) is 1. The summed E-state index contributed by atoms with van der Waals surface area (Å²) in [6.45, 7) is 3.53. The zero-order chi connectivity index (χ0) is 23.8. The molecule has 1 N–H and O–H groups in total. The van der Waals surface area contributed by atoms with Gasteiger partial charge in [-0.15, -0.1) is 0 Å². The largest absolute Gasteiger partial charge is 0.321 e. The van der Waals surface area contributed by atoms with Crippen LogP contribution in [0.3, 0.4) is 0 Å². The Bertz CT molecular complexity index is 1470. The lowest BCUT2D eigenvalue weighted by Crippen LogP contribution is -2.24. The Labute approximate surface area is 202 Å². The number of aromatic amines is 1. The molecule has 4 aromatic rings. The number of aromatic nitrogens is 1. The molecule has 5 rings (SSSR count). The molecule has 5 nitrogen and oxygen atoms in total. The molecular weight excluding hydrogens is 446 g/mol. The highest BCUT2D eigenvalue weighted by Gasteiger charge is 2.33. The number of hydrazone groups is 1. The maximum Gasteiger partial charge on any atom is 0.257 e. The number of H-pyrrole nitrogens is 1. The zero-order valence-electron chi connectivity index (χ0n) is 19.0. The van der Waals surface area contributed by atoms with Crippen LogP contribution in [0.4, 0.5) is 0 Å². The molecule has 1 aliphatic heterocycles. The molecule has 1 aromatic heterocycles. The van der Waals surface area contributed by atoms with Crippen LogP contribution >= 0.6 is 11.6 Å². The van der Waals surface area contributed by atoms with Crippen molar-refractivity contribution in [3.63, 3.8) is 0 Å². The topological polar surface area (TPSA) is 65.5 Å². The first-order chi connectivity index (χ1) is 16.4. The number of pyridine rings is 1. The Morgan fingerprint density at radius 3 is 2.53 bits per heavy atom. The van der Waals surface area contributed by atoms with Crippen molar-refractivity contribution in [1.29, 1.82) is 0 Å². The number of aryl methyl sites for hydroxylation is 1. The van der Waals surface area contributed by atoms with Gasteiger partial charge in [0.05, 0.1) is 17.3 Å². The molecule has 6 heteroatoms. The standard InChI is InChI=1S/C28H24ClN3O2/c1-17-8-10-20(11-9-17)26-16-25(31-32(26)18(2)33)27-23(14-19-6-4-3-5-7-19)22-15-21(29)12-13-24(22)30-28(27)34/h3-13,15,26H,14,16H2,1-2H3,(H,30,34). The second-order valence-corrected chi connectivity index (χ2v) is 9.14. The van der Waals surface area contributed by atoms with Gasteiger partial charge in [0.25, 0.3) is 5.56 Å². The van der Waals surface area contributed by atoms with E-state index in [2.05, 4.69) is 10.1 Å². The van der Waals surface area contributed by atoms with Gasteiger partial charge >= 0.3 is 0 Å². The highest BCUT2D eigenvalue weighted by Crippen LogP contribution is 2.34. The second-order valence-electron chi connectivity index (χ2n) is 8.70. The van der Waals surface area contributed by atoms with Crippen molar-refractivity contribution in [3.05, 3.63) is 116 Å². The molecule has 0 aliphatic carbocycles. The van der Waals surface area contributed by atoms with Crippen molar-refractivity contribution in [2.75, 3.05) is 0 Å². The molecular formula is C28H24ClN3O2. The van der Waals surface area contributed by atoms with Crippen molar-refractivity contribution in [3.8, 4) is 0 Å². The van der Waals surface area contributed by atoms with Crippen LogP contribution in [0.25, 0.3) is 10.9 Å². The minimum absolute atomic E-state index is 0.162. The van der Waals surface area contributed by atoms with Crippen LogP contribution in [0.2, 0.25) is 5.02 Å². The summed E-state index contributed by atoms with van der Waals surface area (Å²) in [7, 11) is 0. The van der Waals surface area contributed by atoms with Crippen LogP contribution in [-0.2, 0) is 11.2 Å². The lowest BCUT2D eigenvalue weighted by Gasteiger charge is -2.20. The first-order valence-corrected chi connectivity index (χ1v) is 11.6. The fourth-order valence-electron chi connectivity index (χ4n) is 4.62. The number of halogens is 1. The molecule has 1 atom stereocenters. The van der Waals surface area contributed by atoms with E-state index in [0.717, 1.165) is 33.2 Å². The maximum absolute atomic E-state index is 13.4. The highest BCUT2D eigenvalue weighted by molar-refractivity contribution is 6.31. The van der Waals surface area contributed by atoms with Crippen molar-refractivity contribution in [1.82, 2.24) is 9.99 Å². The van der Waals surface area contributed by atoms with Crippen LogP contribution in [0.15, 0.2) is 82.7 Å². The lowest BCUT2D eigenvalue weighted by molar-refractivity contribution is -0.130. The molecule has 1 aliphatic rings. The molecule has 2 heterocycles.